The molecule has 31 heavy (non-hydrogen) atoms. The fourth-order valence-corrected chi connectivity index (χ4v) is 6.06. The Balaban J connectivity index is 1.62. The summed E-state index contributed by atoms with van der Waals surface area (Å²) in [6.45, 7) is 2.94. The van der Waals surface area contributed by atoms with Gasteiger partial charge in [-0.2, -0.15) is 0 Å². The van der Waals surface area contributed by atoms with Gasteiger partial charge < -0.3 is 0 Å². The second-order valence-electron chi connectivity index (χ2n) is 7.30. The third-order valence-electron chi connectivity index (χ3n) is 4.96. The molecule has 0 bridgehead atoms. The monoisotopic (exact) mass is 492 g/mol. The van der Waals surface area contributed by atoms with Crippen LogP contribution in [0.4, 0.5) is 0 Å². The summed E-state index contributed by atoms with van der Waals surface area (Å²) in [5, 5.41) is -0.454. The van der Waals surface area contributed by atoms with E-state index in [4.69, 9.17) is 23.7 Å². The number of benzene rings is 2. The Labute approximate surface area is 187 Å². The number of fused-ring (bicyclic) bond motifs is 1. The average Bonchev–Trinajstić information content (AvgIpc) is 2.76. The van der Waals surface area contributed by atoms with Gasteiger partial charge in [-0.3, -0.25) is 0 Å². The maximum absolute atomic E-state index is 11.9. The van der Waals surface area contributed by atoms with E-state index in [1.165, 1.54) is 13.8 Å². The molecule has 2 aliphatic heterocycles. The normalized spacial score (nSPS) is 30.1. The molecule has 4 rings (SSSR count). The van der Waals surface area contributed by atoms with E-state index < -0.39 is 47.6 Å². The molecule has 6 atom stereocenters. The molecule has 2 heterocycles. The maximum atomic E-state index is 11.9. The minimum atomic E-state index is -0.800. The number of esters is 2. The van der Waals surface area contributed by atoms with E-state index in [1.807, 2.05) is 60.7 Å². The predicted molar refractivity (Wildman–Crippen MR) is 112 cm³/mol. The molecule has 4 unspecified atom stereocenters. The first kappa shape index (κ1) is 22.0. The Morgan fingerprint density at radius 1 is 0.871 bits per heavy atom. The summed E-state index contributed by atoms with van der Waals surface area (Å²) in [7, 11) is 0. The Bertz CT molecular complexity index is 891. The van der Waals surface area contributed by atoms with Gasteiger partial charge in [0.05, 0.1) is 0 Å². The van der Waals surface area contributed by atoms with Gasteiger partial charge >= 0.3 is 187 Å². The quantitative estimate of drug-likeness (QED) is 0.466. The van der Waals surface area contributed by atoms with Crippen molar-refractivity contribution in [3.8, 4) is 0 Å². The summed E-state index contributed by atoms with van der Waals surface area (Å²) in [4.78, 5) is 23.9. The molecule has 0 saturated carbocycles. The molecule has 164 valence electrons. The van der Waals surface area contributed by atoms with Crippen molar-refractivity contribution in [3.05, 3.63) is 66.2 Å². The number of rotatable bonds is 5. The number of hydrogen-bond acceptors (Lipinski definition) is 7. The van der Waals surface area contributed by atoms with E-state index in [0.29, 0.717) is 0 Å². The molecule has 2 saturated heterocycles. The average molecular weight is 491 g/mol. The topological polar surface area (TPSA) is 80.3 Å². The molecule has 2 aliphatic rings. The molecule has 2 aromatic carbocycles. The van der Waals surface area contributed by atoms with Crippen LogP contribution in [0.1, 0.15) is 25.7 Å². The van der Waals surface area contributed by atoms with E-state index in [2.05, 4.69) is 0 Å². The van der Waals surface area contributed by atoms with Crippen molar-refractivity contribution in [1.29, 1.82) is 0 Å². The van der Waals surface area contributed by atoms with Crippen LogP contribution in [0.25, 0.3) is 0 Å². The van der Waals surface area contributed by atoms with E-state index in [1.54, 1.807) is 0 Å². The summed E-state index contributed by atoms with van der Waals surface area (Å²) < 4.78 is 30.8. The molecule has 2 fully saturated rings. The predicted octanol–water partition coefficient (Wildman–Crippen LogP) is 1.72. The summed E-state index contributed by atoms with van der Waals surface area (Å²) in [5.74, 6) is -0.940. The van der Waals surface area contributed by atoms with Crippen molar-refractivity contribution in [3.63, 3.8) is 0 Å². The van der Waals surface area contributed by atoms with Gasteiger partial charge in [-0.1, -0.05) is 0 Å². The van der Waals surface area contributed by atoms with Gasteiger partial charge in [0.25, 0.3) is 0 Å². The first-order valence-corrected chi connectivity index (χ1v) is 11.9. The van der Waals surface area contributed by atoms with Gasteiger partial charge in [0.1, 0.15) is 0 Å². The molecule has 0 amide bonds. The SMILES string of the molecule is CC(=O)OC1C(OC(C)=O)[C@H]([Se]c2ccccc2)OC2COC(c3ccccc3)O[C@H]21. The summed E-state index contributed by atoms with van der Waals surface area (Å²) >= 11 is -0.193. The number of carbonyl (C=O) groups is 2. The van der Waals surface area contributed by atoms with Crippen LogP contribution in [0, 0.1) is 0 Å². The third-order valence-corrected chi connectivity index (χ3v) is 7.38. The zero-order chi connectivity index (χ0) is 21.8. The van der Waals surface area contributed by atoms with Gasteiger partial charge in [0.15, 0.2) is 0 Å². The zero-order valence-corrected chi connectivity index (χ0v) is 18.9. The van der Waals surface area contributed by atoms with Crippen LogP contribution in [0.3, 0.4) is 0 Å². The van der Waals surface area contributed by atoms with Crippen molar-refractivity contribution < 1.29 is 33.3 Å². The standard InChI is InChI=1S/C23H24O7Se/c1-14(24)27-20-19-18(13-26-22(30-19)16-9-5-3-6-10-16)29-23(21(20)28-15(2)25)31-17-11-7-4-8-12-17/h3-12,18-23H,13H2,1-2H3/t18?,19-,20?,21?,22?,23+/m1/s1. The Morgan fingerprint density at radius 2 is 1.48 bits per heavy atom. The second-order valence-corrected chi connectivity index (χ2v) is 9.76. The molecular weight excluding hydrogens is 467 g/mol. The molecule has 0 aromatic heterocycles. The van der Waals surface area contributed by atoms with Crippen LogP contribution in [0.2, 0.25) is 0 Å². The summed E-state index contributed by atoms with van der Waals surface area (Å²) in [6, 6.07) is 19.4. The first-order chi connectivity index (χ1) is 15.0. The Hall–Kier alpha value is -2.22. The molecule has 0 spiro atoms. The van der Waals surface area contributed by atoms with Crippen molar-refractivity contribution in [2.75, 3.05) is 6.61 Å². The van der Waals surface area contributed by atoms with Gasteiger partial charge in [-0.05, 0) is 0 Å². The second kappa shape index (κ2) is 9.94. The van der Waals surface area contributed by atoms with Crippen molar-refractivity contribution in [2.45, 2.75) is 49.6 Å². The first-order valence-electron chi connectivity index (χ1n) is 10.0. The third kappa shape index (κ3) is 5.34. The van der Waals surface area contributed by atoms with Gasteiger partial charge in [-0.25, -0.2) is 0 Å². The molecule has 2 aromatic rings. The van der Waals surface area contributed by atoms with Crippen LogP contribution < -0.4 is 4.46 Å². The molecule has 0 aliphatic carbocycles. The van der Waals surface area contributed by atoms with Crippen LogP contribution >= 0.6 is 0 Å². The van der Waals surface area contributed by atoms with Crippen LogP contribution in [0.5, 0.6) is 0 Å². The molecule has 7 nitrogen and oxygen atoms in total. The van der Waals surface area contributed by atoms with Gasteiger partial charge in [-0.15, -0.1) is 0 Å². The molecule has 0 N–H and O–H groups in total. The van der Waals surface area contributed by atoms with E-state index in [9.17, 15) is 9.59 Å². The Morgan fingerprint density at radius 3 is 2.13 bits per heavy atom. The fourth-order valence-electron chi connectivity index (χ4n) is 3.70. The summed E-state index contributed by atoms with van der Waals surface area (Å²) in [5.41, 5.74) is 0.849. The minimum absolute atomic E-state index is 0.193. The number of hydrogen-bond donors (Lipinski definition) is 0. The summed E-state index contributed by atoms with van der Waals surface area (Å²) in [6.07, 6.45) is -3.29. The Kier molecular flexibility index (Phi) is 7.05. The van der Waals surface area contributed by atoms with E-state index >= 15 is 0 Å². The van der Waals surface area contributed by atoms with Crippen LogP contribution in [-0.2, 0) is 33.3 Å². The van der Waals surface area contributed by atoms with Crippen molar-refractivity contribution in [1.82, 2.24) is 0 Å². The van der Waals surface area contributed by atoms with E-state index in [-0.39, 0.29) is 21.6 Å². The van der Waals surface area contributed by atoms with E-state index in [0.717, 1.165) is 10.0 Å². The molecular formula is C23H24O7Se. The van der Waals surface area contributed by atoms with Crippen LogP contribution in [-0.4, -0.2) is 62.9 Å². The van der Waals surface area contributed by atoms with Crippen LogP contribution in [0.15, 0.2) is 60.7 Å². The zero-order valence-electron chi connectivity index (χ0n) is 17.2. The number of carbonyl (C=O) groups excluding carboxylic acids is 2. The molecule has 0 radical (unpaired) electrons. The molecule has 8 heteroatoms. The van der Waals surface area contributed by atoms with Gasteiger partial charge in [0, 0.05) is 0 Å². The van der Waals surface area contributed by atoms with Gasteiger partial charge in [0.2, 0.25) is 0 Å². The fraction of sp³-hybridized carbons (Fsp3) is 0.391. The van der Waals surface area contributed by atoms with Crippen molar-refractivity contribution in [2.24, 2.45) is 0 Å². The van der Waals surface area contributed by atoms with Crippen molar-refractivity contribution >= 4 is 31.4 Å². The number of ether oxygens (including phenoxy) is 5.